The van der Waals surface area contributed by atoms with Gasteiger partial charge >= 0.3 is 5.97 Å². The first-order valence-electron chi connectivity index (χ1n) is 13.4. The Balaban J connectivity index is 1.30. The molecule has 4 atom stereocenters. The number of aliphatic carboxylic acids is 1. The Labute approximate surface area is 236 Å². The first-order valence-corrected chi connectivity index (χ1v) is 13.4. The highest BCUT2D eigenvalue weighted by Crippen LogP contribution is 2.28. The first kappa shape index (κ1) is 29.8. The number of phenolic OH excluding ortho intramolecular Hbond substituents is 1. The van der Waals surface area contributed by atoms with E-state index in [1.165, 1.54) is 12.1 Å². The zero-order valence-electron chi connectivity index (χ0n) is 22.6. The van der Waals surface area contributed by atoms with Crippen molar-refractivity contribution in [1.82, 2.24) is 20.9 Å². The van der Waals surface area contributed by atoms with E-state index in [-0.39, 0.29) is 38.3 Å². The summed E-state index contributed by atoms with van der Waals surface area (Å²) in [6.07, 6.45) is -1.68. The van der Waals surface area contributed by atoms with E-state index in [1.54, 1.807) is 13.0 Å². The smallest absolute Gasteiger partial charge is 0.322 e. The molecule has 0 saturated carbocycles. The number of phenols is 1. The van der Waals surface area contributed by atoms with Crippen LogP contribution >= 0.6 is 0 Å². The quantitative estimate of drug-likeness (QED) is 0.149. The summed E-state index contributed by atoms with van der Waals surface area (Å²) in [5.74, 6) is -1.25. The number of rotatable bonds is 12. The molecule has 0 radical (unpaired) electrons. The van der Waals surface area contributed by atoms with E-state index in [1.807, 2.05) is 24.3 Å². The number of aromatic hydroxyl groups is 1. The molecule has 13 heteroatoms. The first-order chi connectivity index (χ1) is 19.6. The van der Waals surface area contributed by atoms with Gasteiger partial charge in [-0.1, -0.05) is 18.2 Å². The largest absolute Gasteiger partial charge is 0.508 e. The average molecular weight is 569 g/mol. The number of hydrogen-bond donors (Lipinski definition) is 10. The van der Waals surface area contributed by atoms with Crippen LogP contribution in [0.4, 0.5) is 5.69 Å². The van der Waals surface area contributed by atoms with Gasteiger partial charge in [-0.05, 0) is 37.1 Å². The van der Waals surface area contributed by atoms with Crippen LogP contribution in [0.3, 0.4) is 0 Å². The van der Waals surface area contributed by atoms with E-state index in [9.17, 15) is 35.1 Å². The number of nitrogens with one attached hydrogen (secondary N) is 5. The van der Waals surface area contributed by atoms with Crippen molar-refractivity contribution in [2.75, 3.05) is 25.0 Å². The van der Waals surface area contributed by atoms with E-state index in [2.05, 4.69) is 31.2 Å². The number of carboxylic acid groups (broad SMARTS) is 1. The average Bonchev–Trinajstić information content (AvgIpc) is 3.33. The van der Waals surface area contributed by atoms with Crippen LogP contribution in [-0.2, 0) is 16.2 Å². The van der Waals surface area contributed by atoms with E-state index in [0.29, 0.717) is 35.0 Å². The number of fused-ring (bicyclic) bond motifs is 1. The molecule has 0 fully saturated rings. The molecule has 220 valence electrons. The molecule has 2 aromatic carbocycles. The van der Waals surface area contributed by atoms with Crippen molar-refractivity contribution in [2.24, 2.45) is 4.99 Å². The van der Waals surface area contributed by atoms with E-state index in [4.69, 9.17) is 0 Å². The molecule has 1 aromatic heterocycles. The van der Waals surface area contributed by atoms with Crippen LogP contribution in [0.1, 0.15) is 48.7 Å². The molecule has 0 bridgehead atoms. The number of anilines is 1. The van der Waals surface area contributed by atoms with Crippen LogP contribution in [0.15, 0.2) is 47.5 Å². The molecule has 1 amide bonds. The summed E-state index contributed by atoms with van der Waals surface area (Å²) in [7, 11) is 0. The molecule has 1 aliphatic rings. The lowest BCUT2D eigenvalue weighted by atomic mass is 10.0. The number of aliphatic hydroxyl groups is 3. The summed E-state index contributed by atoms with van der Waals surface area (Å²) in [6, 6.07) is 10.4. The fourth-order valence-corrected chi connectivity index (χ4v) is 4.75. The maximum Gasteiger partial charge on any atom is 0.322 e. The lowest BCUT2D eigenvalue weighted by molar-refractivity contribution is -0.139. The van der Waals surface area contributed by atoms with Gasteiger partial charge in [0.1, 0.15) is 11.8 Å². The molecule has 1 aliphatic heterocycles. The molecule has 0 spiro atoms. The number of β-amino-alcohol motifs (C(OH)–C–C–N with tert-alkyl or cyclic N) is 1. The van der Waals surface area contributed by atoms with Crippen molar-refractivity contribution < 1.29 is 35.1 Å². The number of carbonyl (C=O) groups excluding carboxylic acids is 1. The maximum atomic E-state index is 12.5. The fraction of sp³-hybridized carbons (Fsp3) is 0.393. The Morgan fingerprint density at radius 1 is 1.20 bits per heavy atom. The van der Waals surface area contributed by atoms with Crippen LogP contribution in [0, 0.1) is 0 Å². The topological polar surface area (TPSA) is 212 Å². The third-order valence-electron chi connectivity index (χ3n) is 6.89. The molecule has 41 heavy (non-hydrogen) atoms. The van der Waals surface area contributed by atoms with Gasteiger partial charge in [0.05, 0.1) is 25.4 Å². The number of carbonyl (C=O) groups is 2. The van der Waals surface area contributed by atoms with Crippen molar-refractivity contribution in [1.29, 1.82) is 0 Å². The van der Waals surface area contributed by atoms with Gasteiger partial charge in [-0.15, -0.1) is 0 Å². The number of hydrogen-bond acceptors (Lipinski definition) is 10. The summed E-state index contributed by atoms with van der Waals surface area (Å²) < 4.78 is 0. The maximum absolute atomic E-state index is 12.5. The van der Waals surface area contributed by atoms with Crippen molar-refractivity contribution in [3.8, 4) is 5.75 Å². The lowest BCUT2D eigenvalue weighted by Gasteiger charge is -2.21. The highest BCUT2D eigenvalue weighted by atomic mass is 16.4. The Morgan fingerprint density at radius 2 is 1.98 bits per heavy atom. The zero-order valence-corrected chi connectivity index (χ0v) is 22.6. The third kappa shape index (κ3) is 7.73. The molecule has 3 aromatic rings. The number of nitrogens with zero attached hydrogens (tertiary/aromatic N) is 1. The standard InChI is InChI=1S/C28H36N6O7/c1-15(26-21(14-35)20-4-2-3-5-22(20)34-26)32-23(27(40)41)13-29-25(39)7-6-24(38)16-8-17(10-18(36)9-16)33-28-30-11-19(37)12-31-28/h2-5,8-10,15,19,23-24,32,34-38H,6-7,11-14H2,1H3,(H,29,39)(H,40,41)(H2,30,31,33). The lowest BCUT2D eigenvalue weighted by Crippen LogP contribution is -2.47. The summed E-state index contributed by atoms with van der Waals surface area (Å²) in [6.45, 7) is 1.94. The number of para-hydroxylation sites is 1. The van der Waals surface area contributed by atoms with Crippen LogP contribution in [-0.4, -0.2) is 80.1 Å². The van der Waals surface area contributed by atoms with Gasteiger partial charge in [0.15, 0.2) is 5.96 Å². The van der Waals surface area contributed by atoms with Crippen molar-refractivity contribution in [3.63, 3.8) is 0 Å². The van der Waals surface area contributed by atoms with Crippen LogP contribution < -0.4 is 21.3 Å². The number of benzene rings is 2. The molecule has 0 aliphatic carbocycles. The number of H-pyrrole nitrogens is 1. The monoisotopic (exact) mass is 568 g/mol. The minimum absolute atomic E-state index is 0.0383. The fourth-order valence-electron chi connectivity index (χ4n) is 4.75. The van der Waals surface area contributed by atoms with Crippen molar-refractivity contribution in [2.45, 2.75) is 50.7 Å². The number of aromatic amines is 1. The molecule has 10 N–H and O–H groups in total. The molecule has 4 unspecified atom stereocenters. The molecule has 0 saturated heterocycles. The minimum Gasteiger partial charge on any atom is -0.508 e. The van der Waals surface area contributed by atoms with E-state index >= 15 is 0 Å². The Bertz CT molecular complexity index is 1410. The van der Waals surface area contributed by atoms with Crippen molar-refractivity contribution in [3.05, 3.63) is 59.3 Å². The summed E-state index contributed by atoms with van der Waals surface area (Å²) >= 11 is 0. The Morgan fingerprint density at radius 3 is 2.68 bits per heavy atom. The van der Waals surface area contributed by atoms with Gasteiger partial charge in [0.2, 0.25) is 5.91 Å². The summed E-state index contributed by atoms with van der Waals surface area (Å²) in [5, 5.41) is 62.3. The Hall–Kier alpha value is -4.17. The number of amides is 1. The highest BCUT2D eigenvalue weighted by molar-refractivity contribution is 5.94. The van der Waals surface area contributed by atoms with E-state index < -0.39 is 36.2 Å². The number of aromatic nitrogens is 1. The summed E-state index contributed by atoms with van der Waals surface area (Å²) in [4.78, 5) is 31.8. The summed E-state index contributed by atoms with van der Waals surface area (Å²) in [5.41, 5.74) is 3.02. The van der Waals surface area contributed by atoms with Gasteiger partial charge in [-0.3, -0.25) is 19.9 Å². The van der Waals surface area contributed by atoms with Crippen LogP contribution in [0.2, 0.25) is 0 Å². The second kappa shape index (κ2) is 13.5. The third-order valence-corrected chi connectivity index (χ3v) is 6.89. The Kier molecular flexibility index (Phi) is 9.78. The minimum atomic E-state index is -1.15. The van der Waals surface area contributed by atoms with Gasteiger partial charge < -0.3 is 46.5 Å². The predicted octanol–water partition coefficient (Wildman–Crippen LogP) is 0.832. The molecule has 2 heterocycles. The van der Waals surface area contributed by atoms with Gasteiger partial charge in [-0.25, -0.2) is 0 Å². The van der Waals surface area contributed by atoms with Crippen LogP contribution in [0.5, 0.6) is 5.75 Å². The highest BCUT2D eigenvalue weighted by Gasteiger charge is 2.24. The number of aliphatic hydroxyl groups excluding tert-OH is 3. The number of aliphatic imine (C=N–C) groups is 1. The molecular weight excluding hydrogens is 532 g/mol. The van der Waals surface area contributed by atoms with Gasteiger partial charge in [-0.2, -0.15) is 0 Å². The number of guanidine groups is 1. The molecule has 13 nitrogen and oxygen atoms in total. The van der Waals surface area contributed by atoms with Gasteiger partial charge in [0, 0.05) is 59.5 Å². The van der Waals surface area contributed by atoms with Crippen molar-refractivity contribution >= 4 is 34.4 Å². The zero-order chi connectivity index (χ0) is 29.5. The molecular formula is C28H36N6O7. The normalized spacial score (nSPS) is 17.3. The SMILES string of the molecule is CC(NC(CNC(=O)CCC(O)c1cc(O)cc(NC2=NCC(O)CN2)c1)C(=O)O)c1[nH]c2ccccc2c1CO. The predicted molar refractivity (Wildman–Crippen MR) is 152 cm³/mol. The van der Waals surface area contributed by atoms with E-state index in [0.717, 1.165) is 10.9 Å². The second-order valence-corrected chi connectivity index (χ2v) is 10.0. The van der Waals surface area contributed by atoms with Gasteiger partial charge in [0.25, 0.3) is 0 Å². The number of carboxylic acids is 1. The second-order valence-electron chi connectivity index (χ2n) is 10.0. The van der Waals surface area contributed by atoms with Crippen LogP contribution in [0.25, 0.3) is 10.9 Å². The molecule has 4 rings (SSSR count).